The molecule has 0 heterocycles. The summed E-state index contributed by atoms with van der Waals surface area (Å²) in [6.45, 7) is -1.22. The second kappa shape index (κ2) is 7.69. The van der Waals surface area contributed by atoms with E-state index in [1.807, 2.05) is 0 Å². The molecule has 0 radical (unpaired) electrons. The summed E-state index contributed by atoms with van der Waals surface area (Å²) in [4.78, 5) is 44.2. The molecule has 0 amide bonds. The summed E-state index contributed by atoms with van der Waals surface area (Å²) >= 11 is 0. The molecule has 0 bridgehead atoms. The van der Waals surface area contributed by atoms with Crippen molar-refractivity contribution in [1.29, 1.82) is 0 Å². The molecule has 0 aliphatic heterocycles. The first kappa shape index (κ1) is 19.8. The number of aldehydes is 1. The normalized spacial score (nSPS) is 19.1. The summed E-state index contributed by atoms with van der Waals surface area (Å²) in [5.74, 6) is 0. The van der Waals surface area contributed by atoms with E-state index in [4.69, 9.17) is 24.7 Å². The maximum absolute atomic E-state index is 10.6. The first-order chi connectivity index (χ1) is 8.87. The summed E-state index contributed by atoms with van der Waals surface area (Å²) in [7, 11) is -10.3. The van der Waals surface area contributed by atoms with Gasteiger partial charge in [-0.3, -0.25) is 9.05 Å². The van der Waals surface area contributed by atoms with Crippen LogP contribution in [-0.4, -0.2) is 72.2 Å². The van der Waals surface area contributed by atoms with Crippen molar-refractivity contribution in [3.63, 3.8) is 0 Å². The molecule has 0 aromatic rings. The lowest BCUT2D eigenvalue weighted by atomic mass is 10.0. The number of rotatable bonds is 9. The van der Waals surface area contributed by atoms with E-state index >= 15 is 0 Å². The van der Waals surface area contributed by atoms with Gasteiger partial charge in [0.15, 0.2) is 6.29 Å². The average molecular weight is 340 g/mol. The number of carbonyl (C=O) groups is 1. The van der Waals surface area contributed by atoms with Crippen LogP contribution >= 0.6 is 15.6 Å². The van der Waals surface area contributed by atoms with Crippen LogP contribution in [0.15, 0.2) is 0 Å². The molecule has 20 heavy (non-hydrogen) atoms. The third-order valence-electron chi connectivity index (χ3n) is 1.90. The fourth-order valence-corrected chi connectivity index (χ4v) is 1.92. The standard InChI is InChI=1S/C6H14O12P2/c7-1-3(8)5(9)6(10)4(18-20(14,15)16)2-17-19(11,12)13/h1,3-6,8-10H,2H2,(H2,11,12,13)(H2,14,15,16)/t3-,4+,5+,6+/m0/s1. The molecule has 0 rings (SSSR count). The summed E-state index contributed by atoms with van der Waals surface area (Å²) < 4.78 is 28.9. The van der Waals surface area contributed by atoms with Crippen LogP contribution < -0.4 is 0 Å². The van der Waals surface area contributed by atoms with Crippen molar-refractivity contribution in [3.8, 4) is 0 Å². The van der Waals surface area contributed by atoms with Gasteiger partial charge < -0.3 is 39.7 Å². The Kier molecular flexibility index (Phi) is 7.60. The highest BCUT2D eigenvalue weighted by Crippen LogP contribution is 2.41. The SMILES string of the molecule is O=C[C@H](O)[C@@H](O)[C@H](O)[C@@H](COP(=O)(O)O)OP(=O)(O)O. The number of phosphoric ester groups is 2. The lowest BCUT2D eigenvalue weighted by Crippen LogP contribution is -2.47. The third kappa shape index (κ3) is 8.15. The molecule has 0 unspecified atom stereocenters. The molecule has 0 saturated heterocycles. The van der Waals surface area contributed by atoms with Crippen LogP contribution in [0.2, 0.25) is 0 Å². The van der Waals surface area contributed by atoms with Gasteiger partial charge in [0.25, 0.3) is 0 Å². The zero-order valence-electron chi connectivity index (χ0n) is 9.66. The van der Waals surface area contributed by atoms with E-state index in [9.17, 15) is 24.1 Å². The molecule has 0 saturated carbocycles. The van der Waals surface area contributed by atoms with E-state index in [0.29, 0.717) is 0 Å². The molecule has 0 aliphatic rings. The molecule has 0 aromatic carbocycles. The monoisotopic (exact) mass is 340 g/mol. The van der Waals surface area contributed by atoms with Crippen LogP contribution in [0.5, 0.6) is 0 Å². The number of hydrogen-bond acceptors (Lipinski definition) is 8. The van der Waals surface area contributed by atoms with E-state index in [1.54, 1.807) is 0 Å². The van der Waals surface area contributed by atoms with Crippen LogP contribution in [0.4, 0.5) is 0 Å². The van der Waals surface area contributed by atoms with Crippen LogP contribution in [0, 0.1) is 0 Å². The number of aliphatic hydroxyl groups excluding tert-OH is 3. The average Bonchev–Trinajstić information content (AvgIpc) is 2.29. The molecular weight excluding hydrogens is 326 g/mol. The smallest absolute Gasteiger partial charge is 0.387 e. The number of phosphoric acid groups is 2. The minimum absolute atomic E-state index is 0.174. The second-order valence-corrected chi connectivity index (χ2v) is 5.96. The highest BCUT2D eigenvalue weighted by Gasteiger charge is 2.37. The fourth-order valence-electron chi connectivity index (χ4n) is 1.04. The third-order valence-corrected chi connectivity index (χ3v) is 2.93. The number of aliphatic hydroxyl groups is 3. The minimum Gasteiger partial charge on any atom is -0.387 e. The van der Waals surface area contributed by atoms with E-state index < -0.39 is 46.7 Å². The predicted octanol–water partition coefficient (Wildman–Crippen LogP) is -3.14. The van der Waals surface area contributed by atoms with Crippen molar-refractivity contribution < 1.29 is 57.9 Å². The van der Waals surface area contributed by atoms with Gasteiger partial charge >= 0.3 is 15.6 Å². The summed E-state index contributed by atoms with van der Waals surface area (Å²) in [6, 6.07) is 0. The van der Waals surface area contributed by atoms with Crippen molar-refractivity contribution in [1.82, 2.24) is 0 Å². The number of hydrogen-bond donors (Lipinski definition) is 7. The quantitative estimate of drug-likeness (QED) is 0.164. The zero-order chi connectivity index (χ0) is 16.1. The maximum atomic E-state index is 10.6. The molecule has 0 fully saturated rings. The molecule has 12 nitrogen and oxygen atoms in total. The lowest BCUT2D eigenvalue weighted by Gasteiger charge is -2.27. The van der Waals surface area contributed by atoms with Gasteiger partial charge in [0.05, 0.1) is 6.61 Å². The van der Waals surface area contributed by atoms with Gasteiger partial charge in [-0.2, -0.15) is 0 Å². The van der Waals surface area contributed by atoms with E-state index in [-0.39, 0.29) is 6.29 Å². The van der Waals surface area contributed by atoms with Crippen LogP contribution in [0.1, 0.15) is 0 Å². The molecule has 14 heteroatoms. The van der Waals surface area contributed by atoms with Crippen LogP contribution in [0.25, 0.3) is 0 Å². The highest BCUT2D eigenvalue weighted by atomic mass is 31.2. The Bertz CT molecular complexity index is 399. The largest absolute Gasteiger partial charge is 0.470 e. The fraction of sp³-hybridized carbons (Fsp3) is 0.833. The van der Waals surface area contributed by atoms with Crippen molar-refractivity contribution >= 4 is 21.9 Å². The Morgan fingerprint density at radius 2 is 1.45 bits per heavy atom. The van der Waals surface area contributed by atoms with Crippen molar-refractivity contribution in [2.75, 3.05) is 6.61 Å². The maximum Gasteiger partial charge on any atom is 0.470 e. The highest BCUT2D eigenvalue weighted by molar-refractivity contribution is 7.46. The summed E-state index contributed by atoms with van der Waals surface area (Å²) in [5.41, 5.74) is 0. The van der Waals surface area contributed by atoms with Crippen molar-refractivity contribution in [2.24, 2.45) is 0 Å². The Morgan fingerprint density at radius 1 is 0.950 bits per heavy atom. The molecule has 4 atom stereocenters. The molecule has 0 aliphatic carbocycles. The van der Waals surface area contributed by atoms with Crippen LogP contribution in [-0.2, 0) is 23.0 Å². The number of carbonyl (C=O) groups excluding carboxylic acids is 1. The summed E-state index contributed by atoms with van der Waals surface area (Å²) in [6.07, 6.45) is -8.89. The van der Waals surface area contributed by atoms with Gasteiger partial charge in [0.2, 0.25) is 0 Å². The Morgan fingerprint density at radius 3 is 1.80 bits per heavy atom. The van der Waals surface area contributed by atoms with Crippen molar-refractivity contribution in [3.05, 3.63) is 0 Å². The van der Waals surface area contributed by atoms with Crippen molar-refractivity contribution in [2.45, 2.75) is 24.4 Å². The first-order valence-corrected chi connectivity index (χ1v) is 7.87. The minimum atomic E-state index is -5.21. The first-order valence-electron chi connectivity index (χ1n) is 4.81. The van der Waals surface area contributed by atoms with Gasteiger partial charge in [0.1, 0.15) is 24.4 Å². The second-order valence-electron chi connectivity index (χ2n) is 3.53. The molecule has 0 spiro atoms. The topological polar surface area (TPSA) is 211 Å². The molecule has 120 valence electrons. The van der Waals surface area contributed by atoms with E-state index in [1.165, 1.54) is 0 Å². The molecule has 7 N–H and O–H groups in total. The zero-order valence-corrected chi connectivity index (χ0v) is 11.4. The van der Waals surface area contributed by atoms with Gasteiger partial charge in [-0.25, -0.2) is 9.13 Å². The van der Waals surface area contributed by atoms with Gasteiger partial charge in [-0.1, -0.05) is 0 Å². The Labute approximate surface area is 112 Å². The van der Waals surface area contributed by atoms with Gasteiger partial charge in [0, 0.05) is 0 Å². The molecular formula is C6H14O12P2. The molecule has 0 aromatic heterocycles. The van der Waals surface area contributed by atoms with E-state index in [0.717, 1.165) is 0 Å². The summed E-state index contributed by atoms with van der Waals surface area (Å²) in [5, 5.41) is 27.7. The van der Waals surface area contributed by atoms with E-state index in [2.05, 4.69) is 9.05 Å². The van der Waals surface area contributed by atoms with Gasteiger partial charge in [-0.15, -0.1) is 0 Å². The van der Waals surface area contributed by atoms with Gasteiger partial charge in [-0.05, 0) is 0 Å². The Hall–Kier alpha value is -0.230. The Balaban J connectivity index is 4.95. The van der Waals surface area contributed by atoms with Crippen LogP contribution in [0.3, 0.4) is 0 Å². The lowest BCUT2D eigenvalue weighted by molar-refractivity contribution is -0.135. The predicted molar refractivity (Wildman–Crippen MR) is 59.0 cm³/mol.